The van der Waals surface area contributed by atoms with Crippen LogP contribution in [-0.2, 0) is 18.1 Å². The molecule has 1 fully saturated rings. The lowest BCUT2D eigenvalue weighted by Crippen LogP contribution is -2.30. The van der Waals surface area contributed by atoms with Gasteiger partial charge in [-0.3, -0.25) is 14.3 Å². The molecular formula is C9H13N5O7P2. The van der Waals surface area contributed by atoms with Crippen molar-refractivity contribution < 1.29 is 27.9 Å². The molecule has 23 heavy (non-hydrogen) atoms. The van der Waals surface area contributed by atoms with Crippen LogP contribution in [0.2, 0.25) is 0 Å². The van der Waals surface area contributed by atoms with Gasteiger partial charge in [-0.1, -0.05) is 0 Å². The highest BCUT2D eigenvalue weighted by atomic mass is 31.2. The summed E-state index contributed by atoms with van der Waals surface area (Å²) in [5.41, 5.74) is 5.30. The van der Waals surface area contributed by atoms with Crippen LogP contribution in [0.25, 0.3) is 11.2 Å². The topological polar surface area (TPSA) is 167 Å². The van der Waals surface area contributed by atoms with Crippen LogP contribution >= 0.6 is 17.2 Å². The maximum atomic E-state index is 11.8. The number of nitrogens with two attached hydrogens (primary N) is 1. The van der Waals surface area contributed by atoms with Gasteiger partial charge in [-0.25, -0.2) is 9.29 Å². The summed E-state index contributed by atoms with van der Waals surface area (Å²) < 4.78 is 21.8. The third-order valence-corrected chi connectivity index (χ3v) is 4.94. The molecule has 5 N–H and O–H groups in total. The van der Waals surface area contributed by atoms with Crippen molar-refractivity contribution in [3.8, 4) is 0 Å². The monoisotopic (exact) mass is 365 g/mol. The predicted octanol–water partition coefficient (Wildman–Crippen LogP) is -0.283. The minimum Gasteiger partial charge on any atom is -0.369 e. The average Bonchev–Trinajstić information content (AvgIpc) is 2.81. The molecule has 0 spiro atoms. The third kappa shape index (κ3) is 3.35. The van der Waals surface area contributed by atoms with E-state index in [2.05, 4.69) is 15.0 Å². The molecule has 4 unspecified atom stereocenters. The summed E-state index contributed by atoms with van der Waals surface area (Å²) in [7, 11) is -3.18. The summed E-state index contributed by atoms with van der Waals surface area (Å²) in [6, 6.07) is 0. The number of nitrogen functional groups attached to an aromatic ring is 1. The van der Waals surface area contributed by atoms with Crippen molar-refractivity contribution in [1.82, 2.24) is 19.5 Å². The Hall–Kier alpha value is -1.23. The van der Waals surface area contributed by atoms with Gasteiger partial charge in [0.25, 0.3) is 5.56 Å². The molecule has 3 rings (SSSR count). The molecule has 0 aromatic carbocycles. The first-order chi connectivity index (χ1) is 11.0. The zero-order chi connectivity index (χ0) is 16.6. The molecule has 4 atom stereocenters. The van der Waals surface area contributed by atoms with Crippen molar-refractivity contribution in [1.29, 1.82) is 0 Å². The quantitative estimate of drug-likeness (QED) is 0.531. The number of aromatic nitrogens is 4. The minimum atomic E-state index is -2.34. The normalized spacial score (nSPS) is 27.0. The number of methoxy groups -OCH3 is 1. The van der Waals surface area contributed by atoms with Crippen molar-refractivity contribution in [2.45, 2.75) is 12.3 Å². The lowest BCUT2D eigenvalue weighted by molar-refractivity contribution is -0.0574. The van der Waals surface area contributed by atoms with E-state index in [0.29, 0.717) is 0 Å². The molecule has 1 aliphatic heterocycles. The number of imidazole rings is 1. The molecule has 0 bridgehead atoms. The van der Waals surface area contributed by atoms with Crippen LogP contribution in [-0.4, -0.2) is 49.1 Å². The fourth-order valence-electron chi connectivity index (χ4n) is 2.09. The van der Waals surface area contributed by atoms with Gasteiger partial charge >= 0.3 is 17.2 Å². The summed E-state index contributed by atoms with van der Waals surface area (Å²) >= 11 is 0. The molecule has 0 radical (unpaired) electrons. The number of hydrogen-bond donors (Lipinski definition) is 4. The second kappa shape index (κ2) is 6.71. The number of nitrogens with one attached hydrogen (secondary N) is 1. The zero-order valence-electron chi connectivity index (χ0n) is 11.7. The number of hydrogen-bond acceptors (Lipinski definition) is 10. The van der Waals surface area contributed by atoms with Gasteiger partial charge in [0.15, 0.2) is 17.4 Å². The van der Waals surface area contributed by atoms with Crippen LogP contribution < -0.4 is 11.3 Å². The van der Waals surface area contributed by atoms with Gasteiger partial charge in [-0.05, 0) is 0 Å². The van der Waals surface area contributed by atoms with E-state index in [0.717, 1.165) is 0 Å². The Labute approximate surface area is 131 Å². The summed E-state index contributed by atoms with van der Waals surface area (Å²) in [4.78, 5) is 41.1. The summed E-state index contributed by atoms with van der Waals surface area (Å²) in [6.45, 7) is -0.113. The van der Waals surface area contributed by atoms with Gasteiger partial charge in [-0.2, -0.15) is 4.98 Å². The molecule has 14 heteroatoms. The Bertz CT molecular complexity index is 753. The molecule has 0 aliphatic carbocycles. The largest absolute Gasteiger partial charge is 0.369 e. The molecule has 2 aromatic heterocycles. The lowest BCUT2D eigenvalue weighted by Gasteiger charge is -2.25. The van der Waals surface area contributed by atoms with Gasteiger partial charge in [0, 0.05) is 7.11 Å². The Morgan fingerprint density at radius 1 is 1.57 bits per heavy atom. The molecule has 1 saturated heterocycles. The van der Waals surface area contributed by atoms with E-state index in [1.807, 2.05) is 0 Å². The van der Waals surface area contributed by atoms with Crippen molar-refractivity contribution in [2.24, 2.45) is 0 Å². The average molecular weight is 365 g/mol. The molecule has 2 aromatic rings. The van der Waals surface area contributed by atoms with E-state index in [1.54, 1.807) is 0 Å². The number of ether oxygens (including phenoxy) is 1. The summed E-state index contributed by atoms with van der Waals surface area (Å²) in [5.74, 6) is -0.0799. The van der Waals surface area contributed by atoms with E-state index in [9.17, 15) is 14.6 Å². The smallest absolute Gasteiger partial charge is 0.337 e. The molecule has 1 aliphatic rings. The molecule has 126 valence electrons. The number of anilines is 1. The highest BCUT2D eigenvalue weighted by molar-refractivity contribution is 7.54. The van der Waals surface area contributed by atoms with Gasteiger partial charge in [0.05, 0.1) is 12.9 Å². The first-order valence-corrected chi connectivity index (χ1v) is 8.46. The van der Waals surface area contributed by atoms with Crippen molar-refractivity contribution in [3.05, 3.63) is 16.7 Å². The van der Waals surface area contributed by atoms with E-state index in [-0.39, 0.29) is 23.7 Å². The van der Waals surface area contributed by atoms with Crippen LogP contribution in [0.3, 0.4) is 0 Å². The molecular weight excluding hydrogens is 352 g/mol. The number of fused-ring (bicyclic) bond motifs is 1. The maximum absolute atomic E-state index is 11.8. The SMILES string of the molecule is COC(C1COP(O)OP(O)O1)n1cnc2c(=O)[nH]c(N)nc21. The van der Waals surface area contributed by atoms with E-state index < -0.39 is 35.1 Å². The molecule has 0 amide bonds. The first-order valence-electron chi connectivity index (χ1n) is 6.20. The second-order valence-corrected chi connectivity index (χ2v) is 6.47. The molecule has 12 nitrogen and oxygen atoms in total. The molecule has 0 saturated carbocycles. The van der Waals surface area contributed by atoms with Gasteiger partial charge in [-0.15, -0.1) is 0 Å². The van der Waals surface area contributed by atoms with Crippen molar-refractivity contribution in [2.75, 3.05) is 19.5 Å². The Kier molecular flexibility index (Phi) is 4.85. The van der Waals surface area contributed by atoms with Crippen LogP contribution in [0.4, 0.5) is 5.95 Å². The van der Waals surface area contributed by atoms with Gasteiger partial charge < -0.3 is 29.3 Å². The maximum Gasteiger partial charge on any atom is 0.337 e. The fourth-order valence-corrected chi connectivity index (χ4v) is 3.59. The number of H-pyrrole nitrogens is 1. The Morgan fingerprint density at radius 3 is 3.09 bits per heavy atom. The van der Waals surface area contributed by atoms with E-state index in [1.165, 1.54) is 18.0 Å². The minimum absolute atomic E-state index is 0.0720. The lowest BCUT2D eigenvalue weighted by atomic mass is 10.3. The number of aromatic amines is 1. The standard InChI is InChI=1S/C9H13N5O7P2/c1-18-8(4-2-19-22(16)21-23(17)20-4)14-3-11-5-6(14)12-9(10)13-7(5)15/h3-4,8,16-17H,2H2,1H3,(H3,10,12,13,15). The zero-order valence-corrected chi connectivity index (χ0v) is 13.5. The third-order valence-electron chi connectivity index (χ3n) is 3.00. The van der Waals surface area contributed by atoms with Gasteiger partial charge in [0.1, 0.15) is 6.10 Å². The van der Waals surface area contributed by atoms with Crippen molar-refractivity contribution in [3.63, 3.8) is 0 Å². The van der Waals surface area contributed by atoms with Crippen molar-refractivity contribution >= 4 is 34.3 Å². The summed E-state index contributed by atoms with van der Waals surface area (Å²) in [6.07, 6.45) is -0.358. The van der Waals surface area contributed by atoms with Gasteiger partial charge in [0.2, 0.25) is 5.95 Å². The van der Waals surface area contributed by atoms with E-state index in [4.69, 9.17) is 23.8 Å². The van der Waals surface area contributed by atoms with Crippen LogP contribution in [0.5, 0.6) is 0 Å². The number of rotatable bonds is 3. The Balaban J connectivity index is 1.99. The fraction of sp³-hybridized carbons (Fsp3) is 0.444. The van der Waals surface area contributed by atoms with Crippen LogP contribution in [0.1, 0.15) is 6.23 Å². The molecule has 3 heterocycles. The summed E-state index contributed by atoms with van der Waals surface area (Å²) in [5, 5.41) is 0. The van der Waals surface area contributed by atoms with E-state index >= 15 is 0 Å². The number of nitrogens with zero attached hydrogens (tertiary/aromatic N) is 3. The first kappa shape index (κ1) is 16.6. The highest BCUT2D eigenvalue weighted by Crippen LogP contribution is 2.53. The van der Waals surface area contributed by atoms with Crippen LogP contribution in [0, 0.1) is 0 Å². The second-order valence-electron chi connectivity index (χ2n) is 4.40. The predicted molar refractivity (Wildman–Crippen MR) is 78.8 cm³/mol. The Morgan fingerprint density at radius 2 is 2.35 bits per heavy atom. The van der Waals surface area contributed by atoms with Crippen LogP contribution in [0.15, 0.2) is 11.1 Å². The highest BCUT2D eigenvalue weighted by Gasteiger charge is 2.35.